The third-order valence-electron chi connectivity index (χ3n) is 7.37. The molecule has 0 aliphatic heterocycles. The monoisotopic (exact) mass is 420 g/mol. The maximum absolute atomic E-state index is 12.2. The SMILES string of the molecule is CC/C(C)=C/CC(C)C1CCC([C@H](C)CCCC(C)C)C1COC(=O)CCCC=O. The first kappa shape index (κ1) is 26.9. The van der Waals surface area contributed by atoms with Crippen LogP contribution in [-0.2, 0) is 14.3 Å². The lowest BCUT2D eigenvalue weighted by atomic mass is 9.76. The number of esters is 1. The molecule has 0 aromatic rings. The number of ether oxygens (including phenoxy) is 1. The van der Waals surface area contributed by atoms with Gasteiger partial charge in [-0.3, -0.25) is 4.79 Å². The quantitative estimate of drug-likeness (QED) is 0.120. The zero-order valence-corrected chi connectivity index (χ0v) is 20.6. The molecule has 1 fully saturated rings. The zero-order valence-electron chi connectivity index (χ0n) is 20.6. The molecule has 5 atom stereocenters. The Balaban J connectivity index is 2.75. The smallest absolute Gasteiger partial charge is 0.305 e. The largest absolute Gasteiger partial charge is 0.465 e. The van der Waals surface area contributed by atoms with Crippen LogP contribution in [0.25, 0.3) is 0 Å². The molecule has 3 nitrogen and oxygen atoms in total. The van der Waals surface area contributed by atoms with Crippen molar-refractivity contribution in [2.45, 2.75) is 106 Å². The van der Waals surface area contributed by atoms with Crippen LogP contribution in [0.5, 0.6) is 0 Å². The van der Waals surface area contributed by atoms with Gasteiger partial charge in [0.2, 0.25) is 0 Å². The van der Waals surface area contributed by atoms with Crippen LogP contribution < -0.4 is 0 Å². The minimum absolute atomic E-state index is 0.136. The fourth-order valence-corrected chi connectivity index (χ4v) is 5.15. The van der Waals surface area contributed by atoms with Crippen LogP contribution in [0.15, 0.2) is 11.6 Å². The van der Waals surface area contributed by atoms with E-state index >= 15 is 0 Å². The molecule has 0 radical (unpaired) electrons. The van der Waals surface area contributed by atoms with Gasteiger partial charge in [-0.25, -0.2) is 0 Å². The van der Waals surface area contributed by atoms with Crippen molar-refractivity contribution < 1.29 is 14.3 Å². The Morgan fingerprint density at radius 2 is 1.70 bits per heavy atom. The lowest BCUT2D eigenvalue weighted by molar-refractivity contribution is -0.146. The molecule has 0 aromatic heterocycles. The lowest BCUT2D eigenvalue weighted by Gasteiger charge is -2.31. The number of hydrogen-bond donors (Lipinski definition) is 0. The van der Waals surface area contributed by atoms with Crippen LogP contribution in [0.3, 0.4) is 0 Å². The van der Waals surface area contributed by atoms with Gasteiger partial charge < -0.3 is 9.53 Å². The number of rotatable bonds is 15. The Morgan fingerprint density at radius 3 is 2.30 bits per heavy atom. The van der Waals surface area contributed by atoms with Gasteiger partial charge in [0, 0.05) is 12.8 Å². The topological polar surface area (TPSA) is 43.4 Å². The fraction of sp³-hybridized carbons (Fsp3) is 0.852. The van der Waals surface area contributed by atoms with Gasteiger partial charge in [-0.1, -0.05) is 65.5 Å². The normalized spacial score (nSPS) is 24.1. The van der Waals surface area contributed by atoms with Crippen molar-refractivity contribution in [1.82, 2.24) is 0 Å². The summed E-state index contributed by atoms with van der Waals surface area (Å²) in [6.07, 6.45) is 13.3. The van der Waals surface area contributed by atoms with Crippen molar-refractivity contribution in [1.29, 1.82) is 0 Å². The van der Waals surface area contributed by atoms with Crippen LogP contribution in [0.1, 0.15) is 106 Å². The first-order chi connectivity index (χ1) is 14.3. The summed E-state index contributed by atoms with van der Waals surface area (Å²) in [5.74, 6) is 3.70. The molecule has 1 aliphatic rings. The molecule has 0 amide bonds. The van der Waals surface area contributed by atoms with Crippen molar-refractivity contribution in [2.24, 2.45) is 35.5 Å². The van der Waals surface area contributed by atoms with Crippen LogP contribution in [0.4, 0.5) is 0 Å². The van der Waals surface area contributed by atoms with Crippen molar-refractivity contribution in [3.8, 4) is 0 Å². The van der Waals surface area contributed by atoms with Crippen LogP contribution in [0.2, 0.25) is 0 Å². The zero-order chi connectivity index (χ0) is 22.5. The molecule has 0 bridgehead atoms. The molecule has 0 aromatic carbocycles. The van der Waals surface area contributed by atoms with Gasteiger partial charge in [0.05, 0.1) is 6.61 Å². The summed E-state index contributed by atoms with van der Waals surface area (Å²) in [5.41, 5.74) is 1.47. The molecule has 4 unspecified atom stereocenters. The Labute approximate surface area is 186 Å². The van der Waals surface area contributed by atoms with Gasteiger partial charge in [0.15, 0.2) is 0 Å². The third-order valence-corrected chi connectivity index (χ3v) is 7.37. The van der Waals surface area contributed by atoms with E-state index in [-0.39, 0.29) is 5.97 Å². The Bertz CT molecular complexity index is 522. The van der Waals surface area contributed by atoms with Crippen LogP contribution >= 0.6 is 0 Å². The predicted molar refractivity (Wildman–Crippen MR) is 126 cm³/mol. The summed E-state index contributed by atoms with van der Waals surface area (Å²) < 4.78 is 5.75. The number of aldehydes is 1. The summed E-state index contributed by atoms with van der Waals surface area (Å²) in [6.45, 7) is 14.4. The van der Waals surface area contributed by atoms with E-state index < -0.39 is 0 Å². The second kappa shape index (κ2) is 14.8. The van der Waals surface area contributed by atoms with E-state index in [1.54, 1.807) is 0 Å². The molecule has 0 spiro atoms. The maximum Gasteiger partial charge on any atom is 0.305 e. The highest BCUT2D eigenvalue weighted by atomic mass is 16.5. The average molecular weight is 421 g/mol. The number of hydrogen-bond acceptors (Lipinski definition) is 3. The Morgan fingerprint density at radius 1 is 1.03 bits per heavy atom. The van der Waals surface area contributed by atoms with Crippen LogP contribution in [0, 0.1) is 35.5 Å². The molecular formula is C27H48O3. The first-order valence-electron chi connectivity index (χ1n) is 12.5. The summed E-state index contributed by atoms with van der Waals surface area (Å²) in [4.78, 5) is 22.7. The highest BCUT2D eigenvalue weighted by molar-refractivity contribution is 5.69. The van der Waals surface area contributed by atoms with E-state index in [4.69, 9.17) is 4.74 Å². The molecular weight excluding hydrogens is 372 g/mol. The first-order valence-corrected chi connectivity index (χ1v) is 12.5. The van der Waals surface area contributed by atoms with Gasteiger partial charge in [-0.05, 0) is 74.5 Å². The summed E-state index contributed by atoms with van der Waals surface area (Å²) >= 11 is 0. The van der Waals surface area contributed by atoms with Crippen molar-refractivity contribution in [2.75, 3.05) is 6.61 Å². The molecule has 1 saturated carbocycles. The minimum atomic E-state index is -0.136. The number of unbranched alkanes of at least 4 members (excludes halogenated alkanes) is 1. The fourth-order valence-electron chi connectivity index (χ4n) is 5.15. The van der Waals surface area contributed by atoms with Gasteiger partial charge in [-0.15, -0.1) is 0 Å². The van der Waals surface area contributed by atoms with E-state index in [1.165, 1.54) is 37.7 Å². The molecule has 0 saturated heterocycles. The van der Waals surface area contributed by atoms with Gasteiger partial charge >= 0.3 is 5.97 Å². The molecule has 1 rings (SSSR count). The van der Waals surface area contributed by atoms with Gasteiger partial charge in [0.1, 0.15) is 6.29 Å². The molecule has 174 valence electrons. The van der Waals surface area contributed by atoms with Crippen LogP contribution in [-0.4, -0.2) is 18.9 Å². The Hall–Kier alpha value is -1.12. The summed E-state index contributed by atoms with van der Waals surface area (Å²) in [5, 5.41) is 0. The Kier molecular flexibility index (Phi) is 13.3. The predicted octanol–water partition coefficient (Wildman–Crippen LogP) is 7.39. The van der Waals surface area contributed by atoms with Crippen molar-refractivity contribution >= 4 is 12.3 Å². The molecule has 30 heavy (non-hydrogen) atoms. The van der Waals surface area contributed by atoms with Crippen molar-refractivity contribution in [3.63, 3.8) is 0 Å². The van der Waals surface area contributed by atoms with Gasteiger partial charge in [0.25, 0.3) is 0 Å². The highest BCUT2D eigenvalue weighted by Crippen LogP contribution is 2.47. The summed E-state index contributed by atoms with van der Waals surface area (Å²) in [7, 11) is 0. The molecule has 1 aliphatic carbocycles. The van der Waals surface area contributed by atoms with E-state index in [0.29, 0.717) is 55.5 Å². The third kappa shape index (κ3) is 9.79. The minimum Gasteiger partial charge on any atom is -0.465 e. The van der Waals surface area contributed by atoms with Gasteiger partial charge in [-0.2, -0.15) is 0 Å². The lowest BCUT2D eigenvalue weighted by Crippen LogP contribution is -2.29. The van der Waals surface area contributed by atoms with E-state index in [9.17, 15) is 9.59 Å². The molecule has 0 N–H and O–H groups in total. The average Bonchev–Trinajstić information content (AvgIpc) is 3.14. The number of carbonyl (C=O) groups excluding carboxylic acids is 2. The maximum atomic E-state index is 12.2. The highest BCUT2D eigenvalue weighted by Gasteiger charge is 2.41. The number of allylic oxidation sites excluding steroid dienone is 2. The van der Waals surface area contributed by atoms with Crippen molar-refractivity contribution in [3.05, 3.63) is 11.6 Å². The van der Waals surface area contributed by atoms with E-state index in [2.05, 4.69) is 47.6 Å². The van der Waals surface area contributed by atoms with E-state index in [1.807, 2.05) is 0 Å². The standard InChI is InChI=1S/C27H48O3/c1-7-21(4)14-15-23(6)25-17-16-24(22(5)12-10-11-20(2)3)26(25)19-30-27(29)13-8-9-18-28/h14,18,20,22-26H,7-13,15-17,19H2,1-6H3/b21-14+/t22-,23?,24?,25?,26?/m1/s1. The second-order valence-electron chi connectivity index (χ2n) is 10.2. The molecule has 3 heteroatoms. The second-order valence-corrected chi connectivity index (χ2v) is 10.2. The number of carbonyl (C=O) groups is 2. The summed E-state index contributed by atoms with van der Waals surface area (Å²) in [6, 6.07) is 0. The van der Waals surface area contributed by atoms with E-state index in [0.717, 1.165) is 25.0 Å². The molecule has 0 heterocycles.